The van der Waals surface area contributed by atoms with Gasteiger partial charge in [-0.3, -0.25) is 9.59 Å². The van der Waals surface area contributed by atoms with Gasteiger partial charge >= 0.3 is 11.9 Å². The molecule has 1 amide bonds. The van der Waals surface area contributed by atoms with Crippen LogP contribution in [0.1, 0.15) is 71.6 Å². The van der Waals surface area contributed by atoms with Gasteiger partial charge in [-0.15, -0.1) is 0 Å². The number of piperidine rings is 1. The van der Waals surface area contributed by atoms with Crippen LogP contribution in [0, 0.1) is 17.3 Å². The number of hydrogen-bond donors (Lipinski definition) is 3. The van der Waals surface area contributed by atoms with Gasteiger partial charge in [0.2, 0.25) is 5.91 Å². The van der Waals surface area contributed by atoms with E-state index >= 15 is 0 Å². The summed E-state index contributed by atoms with van der Waals surface area (Å²) in [5.74, 6) is -1.64. The number of anilines is 1. The Hall–Kier alpha value is -2.65. The fourth-order valence-corrected chi connectivity index (χ4v) is 5.87. The van der Waals surface area contributed by atoms with Gasteiger partial charge in [0.25, 0.3) is 0 Å². The van der Waals surface area contributed by atoms with E-state index in [1.54, 1.807) is 0 Å². The number of carboxylic acid groups (broad SMARTS) is 2. The summed E-state index contributed by atoms with van der Waals surface area (Å²) < 4.78 is 0. The number of nitrogens with zero attached hydrogens (tertiary/aromatic N) is 1. The Morgan fingerprint density at radius 1 is 1.03 bits per heavy atom. The van der Waals surface area contributed by atoms with E-state index in [-0.39, 0.29) is 22.4 Å². The summed E-state index contributed by atoms with van der Waals surface area (Å²) in [5.41, 5.74) is 0.543. The molecule has 0 bridgehead atoms. The molecule has 1 heterocycles. The van der Waals surface area contributed by atoms with Gasteiger partial charge in [-0.25, -0.2) is 9.59 Å². The van der Waals surface area contributed by atoms with Crippen molar-refractivity contribution in [2.45, 2.75) is 76.5 Å². The molecular formula is C29H42N2O6S. The molecule has 1 saturated carbocycles. The summed E-state index contributed by atoms with van der Waals surface area (Å²) in [6.45, 7) is 6.42. The van der Waals surface area contributed by atoms with Gasteiger partial charge in [0, 0.05) is 28.4 Å². The molecule has 2 aliphatic rings. The molecule has 0 atom stereocenters. The van der Waals surface area contributed by atoms with Crippen molar-refractivity contribution in [1.82, 2.24) is 4.90 Å². The molecule has 9 heteroatoms. The van der Waals surface area contributed by atoms with Crippen LogP contribution in [0.3, 0.4) is 0 Å². The monoisotopic (exact) mass is 546 g/mol. The van der Waals surface area contributed by atoms with Crippen LogP contribution in [-0.4, -0.2) is 58.2 Å². The first kappa shape index (κ1) is 31.6. The van der Waals surface area contributed by atoms with Crippen molar-refractivity contribution in [3.63, 3.8) is 0 Å². The molecule has 8 nitrogen and oxygen atoms in total. The molecule has 3 rings (SSSR count). The third-order valence-corrected chi connectivity index (χ3v) is 8.37. The Kier molecular flexibility index (Phi) is 13.0. The second-order valence-corrected chi connectivity index (χ2v) is 11.8. The zero-order chi connectivity index (χ0) is 28.1. The lowest BCUT2D eigenvalue weighted by atomic mass is 9.69. The van der Waals surface area contributed by atoms with E-state index in [1.165, 1.54) is 18.2 Å². The SMILES string of the molecule is CC(C)CCC1(C(=O)Nc2ccccc2SC(=O)C2CCN(C)CC2)CCCCC1.O=C(O)/C=C/C(=O)O. The molecule has 38 heavy (non-hydrogen) atoms. The Morgan fingerprint density at radius 3 is 2.16 bits per heavy atom. The number of amides is 1. The number of benzene rings is 1. The Labute approximate surface area is 230 Å². The van der Waals surface area contributed by atoms with E-state index in [4.69, 9.17) is 10.2 Å². The van der Waals surface area contributed by atoms with Gasteiger partial charge in [-0.2, -0.15) is 0 Å². The normalized spacial score (nSPS) is 18.0. The van der Waals surface area contributed by atoms with Crippen LogP contribution in [0.15, 0.2) is 41.3 Å². The maximum absolute atomic E-state index is 13.5. The first-order valence-electron chi connectivity index (χ1n) is 13.5. The summed E-state index contributed by atoms with van der Waals surface area (Å²) in [7, 11) is 2.11. The van der Waals surface area contributed by atoms with Crippen LogP contribution in [-0.2, 0) is 19.2 Å². The quantitative estimate of drug-likeness (QED) is 0.267. The molecule has 0 unspecified atom stereocenters. The maximum atomic E-state index is 13.5. The van der Waals surface area contributed by atoms with Crippen molar-refractivity contribution in [3.05, 3.63) is 36.4 Å². The second kappa shape index (κ2) is 15.7. The fraction of sp³-hybridized carbons (Fsp3) is 0.586. The van der Waals surface area contributed by atoms with Crippen LogP contribution < -0.4 is 5.32 Å². The molecule has 1 aromatic rings. The summed E-state index contributed by atoms with van der Waals surface area (Å²) in [6, 6.07) is 7.81. The smallest absolute Gasteiger partial charge is 0.328 e. The van der Waals surface area contributed by atoms with Crippen LogP contribution in [0.5, 0.6) is 0 Å². The minimum absolute atomic E-state index is 0.116. The summed E-state index contributed by atoms with van der Waals surface area (Å²) in [6.07, 6.45) is 10.5. The van der Waals surface area contributed by atoms with Crippen molar-refractivity contribution < 1.29 is 29.4 Å². The third-order valence-electron chi connectivity index (χ3n) is 7.26. The number of carbonyl (C=O) groups excluding carboxylic acids is 2. The van der Waals surface area contributed by atoms with Crippen LogP contribution in [0.25, 0.3) is 0 Å². The number of nitrogens with one attached hydrogen (secondary N) is 1. The summed E-state index contributed by atoms with van der Waals surface area (Å²) in [4.78, 5) is 48.6. The lowest BCUT2D eigenvalue weighted by Crippen LogP contribution is -2.38. The van der Waals surface area contributed by atoms with E-state index in [2.05, 4.69) is 31.1 Å². The largest absolute Gasteiger partial charge is 0.478 e. The summed E-state index contributed by atoms with van der Waals surface area (Å²) in [5, 5.41) is 19.1. The van der Waals surface area contributed by atoms with Crippen molar-refractivity contribution in [3.8, 4) is 0 Å². The van der Waals surface area contributed by atoms with E-state index in [0.717, 1.165) is 75.0 Å². The molecule has 3 N–H and O–H groups in total. The second-order valence-electron chi connectivity index (χ2n) is 10.7. The first-order valence-corrected chi connectivity index (χ1v) is 14.3. The average molecular weight is 547 g/mol. The van der Waals surface area contributed by atoms with Gasteiger partial charge in [-0.05, 0) is 88.5 Å². The number of aliphatic carboxylic acids is 2. The summed E-state index contributed by atoms with van der Waals surface area (Å²) >= 11 is 1.31. The van der Waals surface area contributed by atoms with Crippen molar-refractivity contribution in [2.24, 2.45) is 17.3 Å². The number of rotatable bonds is 9. The number of thioether (sulfide) groups is 1. The zero-order valence-electron chi connectivity index (χ0n) is 22.8. The zero-order valence-corrected chi connectivity index (χ0v) is 23.6. The predicted octanol–water partition coefficient (Wildman–Crippen LogP) is 5.68. The Balaban J connectivity index is 0.000000550. The van der Waals surface area contributed by atoms with Gasteiger partial charge in [0.15, 0.2) is 5.12 Å². The fourth-order valence-electron chi connectivity index (χ4n) is 4.88. The molecule has 2 fully saturated rings. The standard InChI is InChI=1S/C25H38N2O2S.C4H4O4/c1-19(2)11-16-25(14-7-4-8-15-25)24(29)26-21-9-5-6-10-22(21)30-23(28)20-12-17-27(3)18-13-20;5-3(6)1-2-4(7)8/h5-6,9-10,19-20H,4,7-8,11-18H2,1-3H3,(H,26,29);1-2H,(H,5,6)(H,7,8)/b;2-1+. The molecule has 210 valence electrons. The molecule has 0 spiro atoms. The number of carboxylic acids is 2. The molecule has 0 radical (unpaired) electrons. The highest BCUT2D eigenvalue weighted by atomic mass is 32.2. The molecule has 1 saturated heterocycles. The predicted molar refractivity (Wildman–Crippen MR) is 150 cm³/mol. The Morgan fingerprint density at radius 2 is 1.61 bits per heavy atom. The van der Waals surface area contributed by atoms with Crippen molar-refractivity contribution in [2.75, 3.05) is 25.5 Å². The maximum Gasteiger partial charge on any atom is 0.328 e. The van der Waals surface area contributed by atoms with Crippen LogP contribution in [0.2, 0.25) is 0 Å². The van der Waals surface area contributed by atoms with Crippen molar-refractivity contribution in [1.29, 1.82) is 0 Å². The topological polar surface area (TPSA) is 124 Å². The van der Waals surface area contributed by atoms with Crippen LogP contribution in [0.4, 0.5) is 5.69 Å². The molecule has 1 aromatic carbocycles. The van der Waals surface area contributed by atoms with E-state index < -0.39 is 11.9 Å². The van der Waals surface area contributed by atoms with Gasteiger partial charge < -0.3 is 20.4 Å². The Bertz CT molecular complexity index is 963. The third kappa shape index (κ3) is 10.6. The van der Waals surface area contributed by atoms with E-state index in [0.29, 0.717) is 18.1 Å². The lowest BCUT2D eigenvalue weighted by molar-refractivity contribution is -0.134. The van der Waals surface area contributed by atoms with Crippen LogP contribution >= 0.6 is 11.8 Å². The molecule has 1 aliphatic carbocycles. The minimum atomic E-state index is -1.26. The first-order chi connectivity index (χ1) is 18.0. The number of likely N-dealkylation sites (tertiary alicyclic amines) is 1. The van der Waals surface area contributed by atoms with Gasteiger partial charge in [0.1, 0.15) is 0 Å². The minimum Gasteiger partial charge on any atom is -0.478 e. The molecule has 1 aliphatic heterocycles. The number of para-hydroxylation sites is 1. The highest BCUT2D eigenvalue weighted by Crippen LogP contribution is 2.43. The van der Waals surface area contributed by atoms with E-state index in [9.17, 15) is 19.2 Å². The number of carbonyl (C=O) groups is 4. The van der Waals surface area contributed by atoms with E-state index in [1.807, 2.05) is 24.3 Å². The number of hydrogen-bond acceptors (Lipinski definition) is 6. The van der Waals surface area contributed by atoms with Gasteiger partial charge in [0.05, 0.1) is 5.69 Å². The average Bonchev–Trinajstić information content (AvgIpc) is 2.88. The highest BCUT2D eigenvalue weighted by Gasteiger charge is 2.39. The van der Waals surface area contributed by atoms with Gasteiger partial charge in [-0.1, -0.05) is 45.2 Å². The highest BCUT2D eigenvalue weighted by molar-refractivity contribution is 8.13. The van der Waals surface area contributed by atoms with Crippen molar-refractivity contribution >= 4 is 40.4 Å². The molecular weight excluding hydrogens is 504 g/mol. The lowest BCUT2D eigenvalue weighted by Gasteiger charge is -2.36. The molecule has 0 aromatic heterocycles.